The fraction of sp³-hybridized carbons (Fsp3) is 0.500. The molecular formula is C20H24O9S2. The molecule has 5 atom stereocenters. The zero-order valence-corrected chi connectivity index (χ0v) is 19.1. The molecule has 0 aromatic heterocycles. The van der Waals surface area contributed by atoms with E-state index in [4.69, 9.17) is 23.7 Å². The Kier molecular flexibility index (Phi) is 9.66. The van der Waals surface area contributed by atoms with Crippen LogP contribution < -0.4 is 0 Å². The molecule has 0 saturated carbocycles. The SMILES string of the molecule is CC(=O)OC[C@@H]1O[C@@H](SSc2ccccc2)[C@@H](OC(C)=O)[C@@H](OC(C)=O)[C@@H]1OC(C)=O. The lowest BCUT2D eigenvalue weighted by molar-refractivity contribution is -0.237. The summed E-state index contributed by atoms with van der Waals surface area (Å²) in [5.74, 6) is -2.50. The van der Waals surface area contributed by atoms with Crippen LogP contribution in [0.25, 0.3) is 0 Å². The van der Waals surface area contributed by atoms with Crippen LogP contribution in [0, 0.1) is 0 Å². The third-order valence-corrected chi connectivity index (χ3v) is 6.50. The van der Waals surface area contributed by atoms with Gasteiger partial charge in [-0.15, -0.1) is 0 Å². The molecule has 0 amide bonds. The summed E-state index contributed by atoms with van der Waals surface area (Å²) in [6, 6.07) is 9.40. The van der Waals surface area contributed by atoms with Gasteiger partial charge in [-0.25, -0.2) is 0 Å². The Labute approximate surface area is 187 Å². The third-order valence-electron chi connectivity index (χ3n) is 3.93. The van der Waals surface area contributed by atoms with Crippen molar-refractivity contribution in [3.05, 3.63) is 30.3 Å². The monoisotopic (exact) mass is 472 g/mol. The summed E-state index contributed by atoms with van der Waals surface area (Å²) in [5.41, 5.74) is -0.814. The number of rotatable bonds is 8. The molecule has 2 rings (SSSR count). The van der Waals surface area contributed by atoms with E-state index in [-0.39, 0.29) is 6.61 Å². The van der Waals surface area contributed by atoms with Gasteiger partial charge in [-0.3, -0.25) is 19.2 Å². The molecule has 9 nitrogen and oxygen atoms in total. The molecule has 11 heteroatoms. The Morgan fingerprint density at radius 1 is 0.806 bits per heavy atom. The normalized spacial score (nSPS) is 25.2. The summed E-state index contributed by atoms with van der Waals surface area (Å²) in [5, 5.41) is 0. The van der Waals surface area contributed by atoms with Gasteiger partial charge in [-0.1, -0.05) is 39.8 Å². The Balaban J connectivity index is 2.35. The van der Waals surface area contributed by atoms with Gasteiger partial charge in [0.05, 0.1) is 0 Å². The lowest BCUT2D eigenvalue weighted by Gasteiger charge is -2.43. The fourth-order valence-corrected chi connectivity index (χ4v) is 5.24. The summed E-state index contributed by atoms with van der Waals surface area (Å²) in [7, 11) is 2.60. The average Bonchev–Trinajstić information content (AvgIpc) is 2.68. The van der Waals surface area contributed by atoms with Crippen molar-refractivity contribution in [3.63, 3.8) is 0 Å². The highest BCUT2D eigenvalue weighted by atomic mass is 33.1. The van der Waals surface area contributed by atoms with E-state index in [1.54, 1.807) is 0 Å². The number of benzene rings is 1. The fourth-order valence-electron chi connectivity index (χ4n) is 2.85. The minimum Gasteiger partial charge on any atom is -0.463 e. The molecule has 1 aromatic carbocycles. The zero-order valence-electron chi connectivity index (χ0n) is 17.5. The van der Waals surface area contributed by atoms with Crippen LogP contribution >= 0.6 is 21.6 Å². The first kappa shape index (κ1) is 25.0. The van der Waals surface area contributed by atoms with Crippen molar-refractivity contribution in [2.75, 3.05) is 6.61 Å². The number of hydrogen-bond donors (Lipinski definition) is 0. The Bertz CT molecular complexity index is 786. The molecule has 1 aliphatic rings. The maximum absolute atomic E-state index is 11.8. The van der Waals surface area contributed by atoms with E-state index in [0.29, 0.717) is 0 Å². The molecule has 1 aliphatic heterocycles. The van der Waals surface area contributed by atoms with Gasteiger partial charge in [-0.05, 0) is 12.1 Å². The molecular weight excluding hydrogens is 448 g/mol. The Morgan fingerprint density at radius 3 is 1.90 bits per heavy atom. The second kappa shape index (κ2) is 12.0. The van der Waals surface area contributed by atoms with E-state index < -0.39 is 53.7 Å². The van der Waals surface area contributed by atoms with Gasteiger partial charge < -0.3 is 23.7 Å². The van der Waals surface area contributed by atoms with Crippen LogP contribution in [0.1, 0.15) is 27.7 Å². The quantitative estimate of drug-likeness (QED) is 0.316. The van der Waals surface area contributed by atoms with E-state index in [2.05, 4.69) is 0 Å². The van der Waals surface area contributed by atoms with Crippen LogP contribution in [-0.4, -0.2) is 60.3 Å². The second-order valence-electron chi connectivity index (χ2n) is 6.56. The first-order valence-corrected chi connectivity index (χ1v) is 11.6. The molecule has 0 bridgehead atoms. The predicted octanol–water partition coefficient (Wildman–Crippen LogP) is 2.51. The molecule has 1 fully saturated rings. The van der Waals surface area contributed by atoms with Crippen LogP contribution in [0.2, 0.25) is 0 Å². The summed E-state index contributed by atoms with van der Waals surface area (Å²) in [6.07, 6.45) is -4.32. The molecule has 1 aromatic rings. The lowest BCUT2D eigenvalue weighted by Crippen LogP contribution is -2.61. The number of ether oxygens (including phenoxy) is 5. The van der Waals surface area contributed by atoms with E-state index in [1.165, 1.54) is 49.3 Å². The van der Waals surface area contributed by atoms with E-state index in [0.717, 1.165) is 4.90 Å². The number of carbonyl (C=O) groups excluding carboxylic acids is 4. The van der Waals surface area contributed by atoms with E-state index in [9.17, 15) is 19.2 Å². The molecule has 0 radical (unpaired) electrons. The van der Waals surface area contributed by atoms with Gasteiger partial charge in [0.2, 0.25) is 0 Å². The zero-order chi connectivity index (χ0) is 23.0. The van der Waals surface area contributed by atoms with Crippen molar-refractivity contribution in [1.82, 2.24) is 0 Å². The van der Waals surface area contributed by atoms with Crippen molar-refractivity contribution in [1.29, 1.82) is 0 Å². The van der Waals surface area contributed by atoms with Crippen molar-refractivity contribution in [2.45, 2.75) is 62.4 Å². The van der Waals surface area contributed by atoms with Crippen LogP contribution in [0.4, 0.5) is 0 Å². The van der Waals surface area contributed by atoms with Gasteiger partial charge in [0.1, 0.15) is 12.7 Å². The van der Waals surface area contributed by atoms with Gasteiger partial charge in [0, 0.05) is 32.6 Å². The van der Waals surface area contributed by atoms with E-state index in [1.807, 2.05) is 30.3 Å². The van der Waals surface area contributed by atoms with Gasteiger partial charge in [0.25, 0.3) is 0 Å². The highest BCUT2D eigenvalue weighted by Gasteiger charge is 2.52. The predicted molar refractivity (Wildman–Crippen MR) is 112 cm³/mol. The standard InChI is InChI=1S/C20H24O9S2/c1-11(21)25-10-16-17(26-12(2)22)18(27-13(3)23)19(28-14(4)24)20(29-16)31-30-15-8-6-5-7-9-15/h5-9,16-20H,10H2,1-4H3/t16-,17+,18-,19-,20-/m0/s1. The van der Waals surface area contributed by atoms with Crippen LogP contribution in [0.3, 0.4) is 0 Å². The number of carbonyl (C=O) groups is 4. The summed E-state index contributed by atoms with van der Waals surface area (Å²) in [4.78, 5) is 47.5. The minimum absolute atomic E-state index is 0.245. The molecule has 0 N–H and O–H groups in total. The molecule has 1 heterocycles. The number of esters is 4. The average molecular weight is 473 g/mol. The van der Waals surface area contributed by atoms with Crippen LogP contribution in [-0.2, 0) is 42.9 Å². The molecule has 170 valence electrons. The van der Waals surface area contributed by atoms with Crippen molar-refractivity contribution < 1.29 is 42.9 Å². The largest absolute Gasteiger partial charge is 0.463 e. The van der Waals surface area contributed by atoms with Gasteiger partial charge >= 0.3 is 23.9 Å². The molecule has 0 spiro atoms. The van der Waals surface area contributed by atoms with Gasteiger partial charge in [-0.2, -0.15) is 0 Å². The van der Waals surface area contributed by atoms with Gasteiger partial charge in [0.15, 0.2) is 23.7 Å². The van der Waals surface area contributed by atoms with Crippen molar-refractivity contribution >= 4 is 45.5 Å². The molecule has 0 aliphatic carbocycles. The maximum atomic E-state index is 11.8. The smallest absolute Gasteiger partial charge is 0.303 e. The third kappa shape index (κ3) is 8.08. The Hall–Kier alpha value is -2.24. The first-order chi connectivity index (χ1) is 14.7. The molecule has 31 heavy (non-hydrogen) atoms. The molecule has 0 unspecified atom stereocenters. The van der Waals surface area contributed by atoms with Crippen LogP contribution in [0.15, 0.2) is 35.2 Å². The summed E-state index contributed by atoms with van der Waals surface area (Å²) >= 11 is 0. The number of hydrogen-bond acceptors (Lipinski definition) is 11. The van der Waals surface area contributed by atoms with Crippen molar-refractivity contribution in [2.24, 2.45) is 0 Å². The topological polar surface area (TPSA) is 114 Å². The van der Waals surface area contributed by atoms with Crippen molar-refractivity contribution in [3.8, 4) is 0 Å². The van der Waals surface area contributed by atoms with E-state index >= 15 is 0 Å². The lowest BCUT2D eigenvalue weighted by atomic mass is 9.99. The second-order valence-corrected chi connectivity index (χ2v) is 8.93. The highest BCUT2D eigenvalue weighted by Crippen LogP contribution is 2.42. The summed E-state index contributed by atoms with van der Waals surface area (Å²) < 4.78 is 27.2. The minimum atomic E-state index is -1.16. The first-order valence-electron chi connectivity index (χ1n) is 9.36. The maximum Gasteiger partial charge on any atom is 0.303 e. The Morgan fingerprint density at radius 2 is 1.35 bits per heavy atom. The molecule has 1 saturated heterocycles. The van der Waals surface area contributed by atoms with Crippen LogP contribution in [0.5, 0.6) is 0 Å². The highest BCUT2D eigenvalue weighted by molar-refractivity contribution is 8.76. The summed E-state index contributed by atoms with van der Waals surface area (Å²) in [6.45, 7) is 4.56.